The van der Waals surface area contributed by atoms with Crippen molar-refractivity contribution in [2.45, 2.75) is 63.6 Å². The summed E-state index contributed by atoms with van der Waals surface area (Å²) >= 11 is 0. The van der Waals surface area contributed by atoms with Gasteiger partial charge in [0.2, 0.25) is 0 Å². The van der Waals surface area contributed by atoms with Crippen molar-refractivity contribution in [3.05, 3.63) is 53.7 Å². The van der Waals surface area contributed by atoms with E-state index in [1.807, 2.05) is 36.4 Å². The zero-order valence-electron chi connectivity index (χ0n) is 21.2. The molecule has 36 heavy (non-hydrogen) atoms. The van der Waals surface area contributed by atoms with E-state index >= 15 is 0 Å². The molecule has 3 atom stereocenters. The van der Waals surface area contributed by atoms with Crippen LogP contribution in [0.25, 0.3) is 0 Å². The lowest BCUT2D eigenvalue weighted by Crippen LogP contribution is -2.61. The number of benzene rings is 1. The molecule has 1 aliphatic heterocycles. The third-order valence-electron chi connectivity index (χ3n) is 9.07. The number of piperazine rings is 1. The van der Waals surface area contributed by atoms with Crippen molar-refractivity contribution in [1.29, 1.82) is 0 Å². The number of pyridine rings is 1. The first kappa shape index (κ1) is 23.5. The number of nitrogens with zero attached hydrogens (tertiary/aromatic N) is 3. The van der Waals surface area contributed by atoms with Gasteiger partial charge in [-0.2, -0.15) is 0 Å². The number of Topliss-reactive ketones (excluding diaryl/α,β-unsaturated/α-hetero) is 1. The molecule has 2 N–H and O–H groups in total. The fourth-order valence-electron chi connectivity index (χ4n) is 7.59. The molecule has 1 saturated heterocycles. The molecule has 4 bridgehead atoms. The van der Waals surface area contributed by atoms with Crippen LogP contribution in [-0.4, -0.2) is 59.1 Å². The largest absolute Gasteiger partial charge is 0.390 e. The summed E-state index contributed by atoms with van der Waals surface area (Å²) in [6.45, 7) is 6.26. The van der Waals surface area contributed by atoms with E-state index in [4.69, 9.17) is 4.98 Å². The van der Waals surface area contributed by atoms with Crippen molar-refractivity contribution in [3.63, 3.8) is 0 Å². The molecular weight excluding hydrogens is 452 g/mol. The summed E-state index contributed by atoms with van der Waals surface area (Å²) in [5, 5.41) is 14.2. The van der Waals surface area contributed by atoms with E-state index in [0.29, 0.717) is 23.4 Å². The molecular formula is C29H36N4O3. The minimum atomic E-state index is -0.496. The van der Waals surface area contributed by atoms with Crippen LogP contribution in [-0.2, 0) is 0 Å². The number of anilines is 2. The first-order chi connectivity index (χ1) is 17.3. The number of rotatable bonds is 5. The first-order valence-electron chi connectivity index (χ1n) is 13.4. The number of carbonyl (C=O) groups is 2. The van der Waals surface area contributed by atoms with Crippen LogP contribution in [0.3, 0.4) is 0 Å². The molecule has 4 saturated carbocycles. The number of hydrogen-bond donors (Lipinski definition) is 2. The van der Waals surface area contributed by atoms with Gasteiger partial charge in [0.1, 0.15) is 11.5 Å². The van der Waals surface area contributed by atoms with Gasteiger partial charge in [-0.05, 0) is 100 Å². The molecule has 7 heteroatoms. The first-order valence-corrected chi connectivity index (χ1v) is 13.4. The quantitative estimate of drug-likeness (QED) is 0.625. The zero-order valence-corrected chi connectivity index (χ0v) is 21.2. The van der Waals surface area contributed by atoms with Gasteiger partial charge in [-0.25, -0.2) is 4.98 Å². The maximum Gasteiger partial charge on any atom is 0.270 e. The van der Waals surface area contributed by atoms with E-state index in [-0.39, 0.29) is 23.8 Å². The Balaban J connectivity index is 1.11. The Bertz CT molecular complexity index is 1150. The molecule has 1 aromatic carbocycles. The van der Waals surface area contributed by atoms with Crippen LogP contribution in [0.2, 0.25) is 0 Å². The molecule has 7 nitrogen and oxygen atoms in total. The lowest BCUT2D eigenvalue weighted by molar-refractivity contribution is -0.136. The number of amides is 1. The molecule has 2 unspecified atom stereocenters. The standard InChI is InChI=1S/C29H36N4O3/c1-18-17-32(24-8-6-21(7-9-24)19(2)34)10-11-33(18)26-5-3-4-25(30-26)28(35)31-27-22-12-20-13-23(27)16-29(36,14-20)15-22/h3-9,18,20,22-23,27,36H,10-17H2,1-2H3,(H,31,35)/t18-,20?,22?,23?,27-,29-/m1/s1. The summed E-state index contributed by atoms with van der Waals surface area (Å²) in [6, 6.07) is 13.9. The Morgan fingerprint density at radius 2 is 1.75 bits per heavy atom. The van der Waals surface area contributed by atoms with Gasteiger partial charge in [-0.3, -0.25) is 9.59 Å². The Morgan fingerprint density at radius 3 is 2.39 bits per heavy atom. The molecule has 2 aromatic rings. The maximum atomic E-state index is 13.3. The number of carbonyl (C=O) groups excluding carboxylic acids is 2. The van der Waals surface area contributed by atoms with Crippen LogP contribution < -0.4 is 15.1 Å². The van der Waals surface area contributed by atoms with Crippen LogP contribution in [0.1, 0.15) is 66.8 Å². The molecule has 2 heterocycles. The Labute approximate surface area is 212 Å². The van der Waals surface area contributed by atoms with Gasteiger partial charge in [0.25, 0.3) is 5.91 Å². The van der Waals surface area contributed by atoms with Crippen molar-refractivity contribution in [3.8, 4) is 0 Å². The molecule has 1 amide bonds. The van der Waals surface area contributed by atoms with E-state index in [2.05, 4.69) is 22.0 Å². The van der Waals surface area contributed by atoms with Crippen molar-refractivity contribution >= 4 is 23.2 Å². The van der Waals surface area contributed by atoms with Gasteiger partial charge < -0.3 is 20.2 Å². The molecule has 5 fully saturated rings. The lowest BCUT2D eigenvalue weighted by atomic mass is 9.52. The summed E-state index contributed by atoms with van der Waals surface area (Å²) in [4.78, 5) is 34.2. The Kier molecular flexibility index (Phi) is 5.78. The SMILES string of the molecule is CC(=O)c1ccc(N2CCN(c3cccc(C(=O)N[C@H]4C5CC6CC4C[C@](O)(C6)C5)n3)[C@H](C)C2)cc1. The number of hydrogen-bond acceptors (Lipinski definition) is 6. The number of ketones is 1. The van der Waals surface area contributed by atoms with Crippen LogP contribution >= 0.6 is 0 Å². The van der Waals surface area contributed by atoms with Crippen molar-refractivity contribution in [2.24, 2.45) is 17.8 Å². The normalized spacial score (nSPS) is 33.0. The summed E-state index contributed by atoms with van der Waals surface area (Å²) < 4.78 is 0. The highest BCUT2D eigenvalue weighted by atomic mass is 16.3. The Hall–Kier alpha value is -2.93. The highest BCUT2D eigenvalue weighted by Crippen LogP contribution is 2.55. The second-order valence-corrected chi connectivity index (χ2v) is 11.7. The van der Waals surface area contributed by atoms with Crippen molar-refractivity contribution < 1.29 is 14.7 Å². The van der Waals surface area contributed by atoms with Crippen LogP contribution in [0, 0.1) is 17.8 Å². The Morgan fingerprint density at radius 1 is 1.03 bits per heavy atom. The van der Waals surface area contributed by atoms with Crippen LogP contribution in [0.5, 0.6) is 0 Å². The van der Waals surface area contributed by atoms with Crippen LogP contribution in [0.15, 0.2) is 42.5 Å². The predicted octanol–water partition coefficient (Wildman–Crippen LogP) is 3.67. The predicted molar refractivity (Wildman–Crippen MR) is 139 cm³/mol. The fraction of sp³-hybridized carbons (Fsp3) is 0.552. The smallest absolute Gasteiger partial charge is 0.270 e. The topological polar surface area (TPSA) is 85.8 Å². The molecule has 5 aliphatic rings. The molecule has 4 aliphatic carbocycles. The summed E-state index contributed by atoms with van der Waals surface area (Å²) in [5.41, 5.74) is 1.82. The van der Waals surface area contributed by atoms with Gasteiger partial charge in [-0.15, -0.1) is 0 Å². The van der Waals surface area contributed by atoms with Gasteiger partial charge in [0.15, 0.2) is 5.78 Å². The van der Waals surface area contributed by atoms with E-state index in [1.165, 1.54) is 0 Å². The average Bonchev–Trinajstić information content (AvgIpc) is 2.85. The maximum absolute atomic E-state index is 13.3. The van der Waals surface area contributed by atoms with E-state index in [1.54, 1.807) is 13.0 Å². The number of nitrogens with one attached hydrogen (secondary N) is 1. The summed E-state index contributed by atoms with van der Waals surface area (Å²) in [7, 11) is 0. The minimum Gasteiger partial charge on any atom is -0.390 e. The molecule has 1 aromatic heterocycles. The molecule has 190 valence electrons. The van der Waals surface area contributed by atoms with E-state index in [9.17, 15) is 14.7 Å². The third-order valence-corrected chi connectivity index (χ3v) is 9.07. The lowest BCUT2D eigenvalue weighted by Gasteiger charge is -2.58. The number of aliphatic hydroxyl groups is 1. The van der Waals surface area contributed by atoms with Crippen molar-refractivity contribution in [2.75, 3.05) is 29.4 Å². The molecule has 0 spiro atoms. The zero-order chi connectivity index (χ0) is 25.0. The van der Waals surface area contributed by atoms with Gasteiger partial charge in [-0.1, -0.05) is 6.07 Å². The number of aromatic nitrogens is 1. The minimum absolute atomic E-state index is 0.0790. The van der Waals surface area contributed by atoms with E-state index < -0.39 is 5.60 Å². The average molecular weight is 489 g/mol. The fourth-order valence-corrected chi connectivity index (χ4v) is 7.59. The monoisotopic (exact) mass is 488 g/mol. The van der Waals surface area contributed by atoms with Gasteiger partial charge in [0.05, 0.1) is 5.60 Å². The van der Waals surface area contributed by atoms with Gasteiger partial charge in [0, 0.05) is 43.0 Å². The van der Waals surface area contributed by atoms with Crippen LogP contribution in [0.4, 0.5) is 11.5 Å². The third kappa shape index (κ3) is 4.27. The van der Waals surface area contributed by atoms with Crippen molar-refractivity contribution in [1.82, 2.24) is 10.3 Å². The highest BCUT2D eigenvalue weighted by Gasteiger charge is 2.55. The molecule has 0 radical (unpaired) electrons. The second kappa shape index (κ2) is 8.87. The highest BCUT2D eigenvalue weighted by molar-refractivity contribution is 5.94. The molecule has 7 rings (SSSR count). The van der Waals surface area contributed by atoms with Gasteiger partial charge >= 0.3 is 0 Å². The van der Waals surface area contributed by atoms with E-state index in [0.717, 1.165) is 68.8 Å². The summed E-state index contributed by atoms with van der Waals surface area (Å²) in [6.07, 6.45) is 4.82. The summed E-state index contributed by atoms with van der Waals surface area (Å²) in [5.74, 6) is 2.20. The second-order valence-electron chi connectivity index (χ2n) is 11.7.